The maximum absolute atomic E-state index is 13.1. The Kier molecular flexibility index (Phi) is 6.12. The van der Waals surface area contributed by atoms with Gasteiger partial charge in [0.15, 0.2) is 23.0 Å². The zero-order valence-electron chi connectivity index (χ0n) is 18.6. The number of rotatable bonds is 8. The average Bonchev–Trinajstić information content (AvgIpc) is 3.39. The molecule has 4 rings (SSSR count). The largest absolute Gasteiger partial charge is 0.493 e. The molecule has 0 aliphatic carbocycles. The summed E-state index contributed by atoms with van der Waals surface area (Å²) >= 11 is 0. The summed E-state index contributed by atoms with van der Waals surface area (Å²) in [7, 11) is 3.19. The minimum Gasteiger partial charge on any atom is -0.493 e. The number of nitrogens with zero attached hydrogens (tertiary/aromatic N) is 1. The molecule has 1 atom stereocenters. The predicted molar refractivity (Wildman–Crippen MR) is 117 cm³/mol. The first-order valence-corrected chi connectivity index (χ1v) is 10.6. The first kappa shape index (κ1) is 21.8. The van der Waals surface area contributed by atoms with Gasteiger partial charge in [0, 0.05) is 19.5 Å². The van der Waals surface area contributed by atoms with Crippen LogP contribution in [0, 0.1) is 0 Å². The van der Waals surface area contributed by atoms with Gasteiger partial charge in [-0.25, -0.2) is 0 Å². The summed E-state index contributed by atoms with van der Waals surface area (Å²) in [6.45, 7) is 2.82. The van der Waals surface area contributed by atoms with Gasteiger partial charge in [0.1, 0.15) is 5.54 Å². The number of hydrogen-bond donors (Lipinski definition) is 1. The fraction of sp³-hybridized carbons (Fsp3) is 0.417. The lowest BCUT2D eigenvalue weighted by Gasteiger charge is -2.34. The molecule has 2 aliphatic heterocycles. The Bertz CT molecular complexity index is 1020. The zero-order chi connectivity index (χ0) is 22.7. The maximum atomic E-state index is 13.1. The standard InChI is InChI=1S/C24H28N2O6/c1-24(23(28)25-11-9-16-4-6-18(29-2)20(12-16)30-3)10-8-22(27)26(24)14-17-5-7-19-21(13-17)32-15-31-19/h4-7,12-13H,8-11,14-15H2,1-3H3,(H,25,28). The number of nitrogens with one attached hydrogen (secondary N) is 1. The Morgan fingerprint density at radius 2 is 1.81 bits per heavy atom. The Balaban J connectivity index is 1.40. The second-order valence-electron chi connectivity index (χ2n) is 8.14. The van der Waals surface area contributed by atoms with E-state index in [0.717, 1.165) is 11.1 Å². The molecule has 170 valence electrons. The van der Waals surface area contributed by atoms with Crippen molar-refractivity contribution in [3.05, 3.63) is 47.5 Å². The molecule has 1 N–H and O–H groups in total. The third-order valence-electron chi connectivity index (χ3n) is 6.14. The Hall–Kier alpha value is -3.42. The molecule has 1 fully saturated rings. The van der Waals surface area contributed by atoms with Crippen molar-refractivity contribution in [3.8, 4) is 23.0 Å². The maximum Gasteiger partial charge on any atom is 0.245 e. The van der Waals surface area contributed by atoms with E-state index in [1.807, 2.05) is 43.3 Å². The highest BCUT2D eigenvalue weighted by Gasteiger charge is 2.47. The number of methoxy groups -OCH3 is 2. The Labute approximate surface area is 187 Å². The second-order valence-corrected chi connectivity index (χ2v) is 8.14. The Morgan fingerprint density at radius 1 is 1.06 bits per heavy atom. The number of carbonyl (C=O) groups excluding carboxylic acids is 2. The minimum absolute atomic E-state index is 0.0276. The molecular formula is C24H28N2O6. The van der Waals surface area contributed by atoms with Crippen LogP contribution in [0.25, 0.3) is 0 Å². The van der Waals surface area contributed by atoms with E-state index < -0.39 is 5.54 Å². The van der Waals surface area contributed by atoms with Crippen LogP contribution in [-0.4, -0.2) is 49.8 Å². The summed E-state index contributed by atoms with van der Waals surface area (Å²) < 4.78 is 21.4. The van der Waals surface area contributed by atoms with Gasteiger partial charge in [-0.1, -0.05) is 12.1 Å². The van der Waals surface area contributed by atoms with Crippen molar-refractivity contribution in [1.82, 2.24) is 10.2 Å². The lowest BCUT2D eigenvalue weighted by Crippen LogP contribution is -2.54. The van der Waals surface area contributed by atoms with Crippen LogP contribution in [0.4, 0.5) is 0 Å². The van der Waals surface area contributed by atoms with Crippen molar-refractivity contribution in [3.63, 3.8) is 0 Å². The van der Waals surface area contributed by atoms with Gasteiger partial charge in [0.2, 0.25) is 18.6 Å². The van der Waals surface area contributed by atoms with E-state index in [1.54, 1.807) is 19.1 Å². The summed E-state index contributed by atoms with van der Waals surface area (Å²) in [5, 5.41) is 3.01. The average molecular weight is 440 g/mol. The number of ether oxygens (including phenoxy) is 4. The molecule has 2 aromatic carbocycles. The quantitative estimate of drug-likeness (QED) is 0.679. The molecule has 8 nitrogen and oxygen atoms in total. The first-order valence-electron chi connectivity index (χ1n) is 10.6. The van der Waals surface area contributed by atoms with Gasteiger partial charge in [-0.3, -0.25) is 9.59 Å². The predicted octanol–water partition coefficient (Wildman–Crippen LogP) is 2.67. The van der Waals surface area contributed by atoms with Crippen molar-refractivity contribution in [2.24, 2.45) is 0 Å². The third-order valence-corrected chi connectivity index (χ3v) is 6.14. The fourth-order valence-corrected chi connectivity index (χ4v) is 4.16. The van der Waals surface area contributed by atoms with E-state index in [0.29, 0.717) is 55.4 Å². The van der Waals surface area contributed by atoms with Crippen LogP contribution in [0.5, 0.6) is 23.0 Å². The highest BCUT2D eigenvalue weighted by Crippen LogP contribution is 2.36. The van der Waals surface area contributed by atoms with Crippen LogP contribution in [0.1, 0.15) is 30.9 Å². The zero-order valence-corrected chi connectivity index (χ0v) is 18.6. The van der Waals surface area contributed by atoms with Crippen molar-refractivity contribution >= 4 is 11.8 Å². The van der Waals surface area contributed by atoms with Crippen LogP contribution >= 0.6 is 0 Å². The summed E-state index contributed by atoms with van der Waals surface area (Å²) in [5.41, 5.74) is 1.02. The molecule has 0 spiro atoms. The molecule has 0 aromatic heterocycles. The lowest BCUT2D eigenvalue weighted by molar-refractivity contribution is -0.141. The number of amides is 2. The fourth-order valence-electron chi connectivity index (χ4n) is 4.16. The van der Waals surface area contributed by atoms with Crippen molar-refractivity contribution in [1.29, 1.82) is 0 Å². The molecule has 2 amide bonds. The number of hydrogen-bond acceptors (Lipinski definition) is 6. The summed E-state index contributed by atoms with van der Waals surface area (Å²) in [6, 6.07) is 11.3. The van der Waals surface area contributed by atoms with Crippen LogP contribution in [-0.2, 0) is 22.6 Å². The van der Waals surface area contributed by atoms with E-state index in [4.69, 9.17) is 18.9 Å². The van der Waals surface area contributed by atoms with Gasteiger partial charge in [-0.15, -0.1) is 0 Å². The molecule has 0 radical (unpaired) electrons. The minimum atomic E-state index is -0.898. The van der Waals surface area contributed by atoms with Crippen molar-refractivity contribution < 1.29 is 28.5 Å². The van der Waals surface area contributed by atoms with Crippen LogP contribution in [0.3, 0.4) is 0 Å². The van der Waals surface area contributed by atoms with Gasteiger partial charge in [0.05, 0.1) is 14.2 Å². The van der Waals surface area contributed by atoms with Gasteiger partial charge in [-0.05, 0) is 55.2 Å². The summed E-state index contributed by atoms with van der Waals surface area (Å²) in [6.07, 6.45) is 1.47. The second kappa shape index (κ2) is 8.98. The molecule has 0 bridgehead atoms. The molecule has 1 unspecified atom stereocenters. The number of carbonyl (C=O) groups is 2. The van der Waals surface area contributed by atoms with Gasteiger partial charge < -0.3 is 29.2 Å². The smallest absolute Gasteiger partial charge is 0.245 e. The van der Waals surface area contributed by atoms with E-state index in [1.165, 1.54) is 0 Å². The van der Waals surface area contributed by atoms with Gasteiger partial charge in [0.25, 0.3) is 0 Å². The topological polar surface area (TPSA) is 86.3 Å². The number of fused-ring (bicyclic) bond motifs is 1. The molecule has 2 heterocycles. The highest BCUT2D eigenvalue weighted by molar-refractivity contribution is 5.94. The van der Waals surface area contributed by atoms with Gasteiger partial charge in [-0.2, -0.15) is 0 Å². The Morgan fingerprint density at radius 3 is 2.59 bits per heavy atom. The van der Waals surface area contributed by atoms with E-state index in [-0.39, 0.29) is 18.6 Å². The normalized spacial score (nSPS) is 19.2. The van der Waals surface area contributed by atoms with E-state index >= 15 is 0 Å². The van der Waals surface area contributed by atoms with Crippen LogP contribution in [0.15, 0.2) is 36.4 Å². The highest BCUT2D eigenvalue weighted by atomic mass is 16.7. The molecular weight excluding hydrogens is 412 g/mol. The third kappa shape index (κ3) is 4.17. The molecule has 8 heteroatoms. The number of likely N-dealkylation sites (tertiary alicyclic amines) is 1. The van der Waals surface area contributed by atoms with E-state index in [2.05, 4.69) is 5.32 Å². The van der Waals surface area contributed by atoms with Crippen molar-refractivity contribution in [2.75, 3.05) is 27.6 Å². The molecule has 1 saturated heterocycles. The number of benzene rings is 2. The molecule has 32 heavy (non-hydrogen) atoms. The lowest BCUT2D eigenvalue weighted by atomic mass is 9.97. The molecule has 0 saturated carbocycles. The molecule has 2 aliphatic rings. The van der Waals surface area contributed by atoms with E-state index in [9.17, 15) is 9.59 Å². The van der Waals surface area contributed by atoms with Crippen LogP contribution < -0.4 is 24.3 Å². The molecule has 2 aromatic rings. The SMILES string of the molecule is COc1ccc(CCNC(=O)C2(C)CCC(=O)N2Cc2ccc3c(c2)OCO3)cc1OC. The van der Waals surface area contributed by atoms with Crippen LogP contribution in [0.2, 0.25) is 0 Å². The van der Waals surface area contributed by atoms with Crippen molar-refractivity contribution in [2.45, 2.75) is 38.3 Å². The van der Waals surface area contributed by atoms with Gasteiger partial charge >= 0.3 is 0 Å². The summed E-state index contributed by atoms with van der Waals surface area (Å²) in [4.78, 5) is 27.4. The summed E-state index contributed by atoms with van der Waals surface area (Å²) in [5.74, 6) is 2.49. The first-order chi connectivity index (χ1) is 15.4. The monoisotopic (exact) mass is 440 g/mol.